The third-order valence-corrected chi connectivity index (χ3v) is 3.65. The predicted octanol–water partition coefficient (Wildman–Crippen LogP) is 1.56. The Bertz CT molecular complexity index is 730. The number of hydrogen-bond acceptors (Lipinski definition) is 4. The molecule has 2 aromatic heterocycles. The Morgan fingerprint density at radius 1 is 1.38 bits per heavy atom. The van der Waals surface area contributed by atoms with E-state index in [1.807, 2.05) is 24.3 Å². The van der Waals surface area contributed by atoms with Crippen LogP contribution in [0.25, 0.3) is 20.3 Å². The lowest BCUT2D eigenvalue weighted by Crippen LogP contribution is -2.19. The highest BCUT2D eigenvalue weighted by Gasteiger charge is 2.10. The van der Waals surface area contributed by atoms with Gasteiger partial charge in [0.2, 0.25) is 0 Å². The molecular formula is C11H8N2O2S. The average molecular weight is 232 g/mol. The third-order valence-electron chi connectivity index (χ3n) is 2.50. The number of aliphatic hydroxyl groups excluding tert-OH is 1. The summed E-state index contributed by atoms with van der Waals surface area (Å²) >= 11 is 1.41. The highest BCUT2D eigenvalue weighted by molar-refractivity contribution is 7.25. The summed E-state index contributed by atoms with van der Waals surface area (Å²) in [5.41, 5.74) is 0.531. The Morgan fingerprint density at radius 2 is 2.19 bits per heavy atom. The van der Waals surface area contributed by atoms with E-state index < -0.39 is 0 Å². The van der Waals surface area contributed by atoms with Crippen molar-refractivity contribution < 1.29 is 5.11 Å². The number of aromatic nitrogens is 2. The van der Waals surface area contributed by atoms with Gasteiger partial charge in [-0.25, -0.2) is 4.98 Å². The van der Waals surface area contributed by atoms with Crippen LogP contribution >= 0.6 is 11.3 Å². The summed E-state index contributed by atoms with van der Waals surface area (Å²) < 4.78 is 2.83. The number of fused-ring (bicyclic) bond motifs is 3. The van der Waals surface area contributed by atoms with Crippen molar-refractivity contribution in [1.29, 1.82) is 0 Å². The first-order chi connectivity index (χ1) is 7.81. The molecule has 3 rings (SSSR count). The molecule has 0 atom stereocenters. The number of rotatable bonds is 1. The Balaban J connectivity index is 2.55. The first-order valence-corrected chi connectivity index (χ1v) is 5.60. The van der Waals surface area contributed by atoms with Crippen molar-refractivity contribution in [2.75, 3.05) is 0 Å². The number of hydrogen-bond donors (Lipinski definition) is 1. The molecule has 0 aliphatic rings. The van der Waals surface area contributed by atoms with Gasteiger partial charge in [-0.2, -0.15) is 0 Å². The number of thiophene rings is 1. The lowest BCUT2D eigenvalue weighted by atomic mass is 10.2. The molecular weight excluding hydrogens is 224 g/mol. The van der Waals surface area contributed by atoms with E-state index in [1.165, 1.54) is 22.2 Å². The Labute approximate surface area is 94.4 Å². The molecule has 5 heteroatoms. The number of aliphatic hydroxyl groups is 1. The lowest BCUT2D eigenvalue weighted by Gasteiger charge is -1.98. The molecule has 80 valence electrons. The fourth-order valence-electron chi connectivity index (χ4n) is 1.72. The van der Waals surface area contributed by atoms with E-state index in [1.54, 1.807) is 0 Å². The smallest absolute Gasteiger partial charge is 0.273 e. The number of benzene rings is 1. The molecule has 16 heavy (non-hydrogen) atoms. The maximum atomic E-state index is 11.9. The summed E-state index contributed by atoms with van der Waals surface area (Å²) in [7, 11) is 0. The highest BCUT2D eigenvalue weighted by Crippen LogP contribution is 2.29. The SMILES string of the molecule is O=c1c2sc3ccccc3c2ncn1CO. The van der Waals surface area contributed by atoms with Crippen molar-refractivity contribution in [1.82, 2.24) is 9.55 Å². The lowest BCUT2D eigenvalue weighted by molar-refractivity contribution is 0.205. The first-order valence-electron chi connectivity index (χ1n) is 4.79. The molecule has 1 aromatic carbocycles. The van der Waals surface area contributed by atoms with Gasteiger partial charge in [0, 0.05) is 10.1 Å². The summed E-state index contributed by atoms with van der Waals surface area (Å²) in [6, 6.07) is 7.77. The summed E-state index contributed by atoms with van der Waals surface area (Å²) in [5, 5.41) is 9.97. The zero-order chi connectivity index (χ0) is 11.1. The minimum absolute atomic E-state index is 0.186. The minimum Gasteiger partial charge on any atom is -0.376 e. The quantitative estimate of drug-likeness (QED) is 0.692. The molecule has 1 N–H and O–H groups in total. The largest absolute Gasteiger partial charge is 0.376 e. The van der Waals surface area contributed by atoms with Crippen LogP contribution in [-0.2, 0) is 6.73 Å². The molecule has 0 amide bonds. The molecule has 0 unspecified atom stereocenters. The van der Waals surface area contributed by atoms with Crippen molar-refractivity contribution in [3.8, 4) is 0 Å². The topological polar surface area (TPSA) is 55.1 Å². The van der Waals surface area contributed by atoms with Crippen LogP contribution in [0.1, 0.15) is 0 Å². The molecule has 0 saturated heterocycles. The molecule has 3 aromatic rings. The van der Waals surface area contributed by atoms with Gasteiger partial charge in [-0.3, -0.25) is 9.36 Å². The fraction of sp³-hybridized carbons (Fsp3) is 0.0909. The summed E-state index contributed by atoms with van der Waals surface area (Å²) in [6.07, 6.45) is 1.38. The number of nitrogens with zero attached hydrogens (tertiary/aromatic N) is 2. The van der Waals surface area contributed by atoms with Crippen LogP contribution in [0.15, 0.2) is 35.4 Å². The monoisotopic (exact) mass is 232 g/mol. The van der Waals surface area contributed by atoms with E-state index in [-0.39, 0.29) is 12.3 Å². The van der Waals surface area contributed by atoms with Gasteiger partial charge in [-0.15, -0.1) is 11.3 Å². The van der Waals surface area contributed by atoms with Crippen LogP contribution in [-0.4, -0.2) is 14.7 Å². The van der Waals surface area contributed by atoms with Gasteiger partial charge in [0.15, 0.2) is 0 Å². The Kier molecular flexibility index (Phi) is 2.02. The van der Waals surface area contributed by atoms with Crippen LogP contribution in [0.3, 0.4) is 0 Å². The highest BCUT2D eigenvalue weighted by atomic mass is 32.1. The van der Waals surface area contributed by atoms with Crippen LogP contribution in [0.4, 0.5) is 0 Å². The molecule has 0 aliphatic carbocycles. The Morgan fingerprint density at radius 3 is 3.00 bits per heavy atom. The molecule has 0 bridgehead atoms. The summed E-state index contributed by atoms with van der Waals surface area (Å²) in [4.78, 5) is 16.1. The molecule has 4 nitrogen and oxygen atoms in total. The second kappa shape index (κ2) is 3.40. The van der Waals surface area contributed by atoms with Gasteiger partial charge in [-0.1, -0.05) is 18.2 Å². The second-order valence-corrected chi connectivity index (χ2v) is 4.49. The molecule has 0 fully saturated rings. The van der Waals surface area contributed by atoms with E-state index in [0.29, 0.717) is 4.70 Å². The van der Waals surface area contributed by atoms with E-state index in [2.05, 4.69) is 4.98 Å². The summed E-state index contributed by atoms with van der Waals surface area (Å²) in [5.74, 6) is 0. The normalized spacial score (nSPS) is 11.3. The zero-order valence-corrected chi connectivity index (χ0v) is 9.07. The van der Waals surface area contributed by atoms with Crippen molar-refractivity contribution in [3.05, 3.63) is 40.9 Å². The van der Waals surface area contributed by atoms with Gasteiger partial charge >= 0.3 is 0 Å². The van der Waals surface area contributed by atoms with Crippen molar-refractivity contribution in [3.63, 3.8) is 0 Å². The minimum atomic E-state index is -0.337. The van der Waals surface area contributed by atoms with Crippen molar-refractivity contribution in [2.24, 2.45) is 0 Å². The van der Waals surface area contributed by atoms with Crippen molar-refractivity contribution >= 4 is 31.6 Å². The van der Waals surface area contributed by atoms with Gasteiger partial charge in [-0.05, 0) is 6.07 Å². The van der Waals surface area contributed by atoms with Crippen LogP contribution in [0.5, 0.6) is 0 Å². The zero-order valence-electron chi connectivity index (χ0n) is 8.25. The average Bonchev–Trinajstić information content (AvgIpc) is 2.69. The second-order valence-electron chi connectivity index (χ2n) is 3.44. The maximum absolute atomic E-state index is 11.9. The van der Waals surface area contributed by atoms with E-state index in [4.69, 9.17) is 5.11 Å². The van der Waals surface area contributed by atoms with Gasteiger partial charge in [0.25, 0.3) is 5.56 Å². The molecule has 2 heterocycles. The van der Waals surface area contributed by atoms with Crippen LogP contribution in [0.2, 0.25) is 0 Å². The van der Waals surface area contributed by atoms with E-state index >= 15 is 0 Å². The predicted molar refractivity (Wildman–Crippen MR) is 63.6 cm³/mol. The molecule has 0 saturated carbocycles. The summed E-state index contributed by atoms with van der Waals surface area (Å²) in [6.45, 7) is -0.337. The maximum Gasteiger partial charge on any atom is 0.273 e. The van der Waals surface area contributed by atoms with E-state index in [9.17, 15) is 4.79 Å². The van der Waals surface area contributed by atoms with Crippen LogP contribution < -0.4 is 5.56 Å². The van der Waals surface area contributed by atoms with Crippen LogP contribution in [0, 0.1) is 0 Å². The third kappa shape index (κ3) is 1.19. The molecule has 0 aliphatic heterocycles. The standard InChI is InChI=1S/C11H8N2O2S/c14-6-13-5-12-9-7-3-1-2-4-8(7)16-10(9)11(13)15/h1-5,14H,6H2. The van der Waals surface area contributed by atoms with Gasteiger partial charge < -0.3 is 5.11 Å². The molecule has 0 spiro atoms. The van der Waals surface area contributed by atoms with Gasteiger partial charge in [0.1, 0.15) is 17.8 Å². The Hall–Kier alpha value is -1.72. The van der Waals surface area contributed by atoms with Gasteiger partial charge in [0.05, 0.1) is 5.52 Å². The fourth-order valence-corrected chi connectivity index (χ4v) is 2.82. The van der Waals surface area contributed by atoms with Crippen molar-refractivity contribution in [2.45, 2.75) is 6.73 Å². The molecule has 0 radical (unpaired) electrons. The first kappa shape index (κ1) is 9.50. The van der Waals surface area contributed by atoms with E-state index in [0.717, 1.165) is 15.6 Å².